The topological polar surface area (TPSA) is 62.9 Å². The van der Waals surface area contributed by atoms with Crippen molar-refractivity contribution in [1.29, 1.82) is 5.26 Å². The molecule has 2 N–H and O–H groups in total. The van der Waals surface area contributed by atoms with Crippen molar-refractivity contribution in [3.05, 3.63) is 59.2 Å². The largest absolute Gasteiger partial charge is 0.416 e. The highest BCUT2D eigenvalue weighted by Gasteiger charge is 2.30. The standard InChI is InChI=1S/C16H9F3N4S/c17-16(18,19)12-2-1-3-13(5-12)22-15-23-14(9-24-15)11-4-10(6-20)7-21-8-11/h1-5,7-9H,(H,22,23)/p+1. The van der Waals surface area contributed by atoms with Gasteiger partial charge in [-0.15, -0.1) is 11.3 Å². The van der Waals surface area contributed by atoms with Gasteiger partial charge in [0.15, 0.2) is 17.5 Å². The highest BCUT2D eigenvalue weighted by atomic mass is 32.1. The average molecular weight is 347 g/mol. The van der Waals surface area contributed by atoms with Gasteiger partial charge in [-0.2, -0.15) is 18.4 Å². The number of halogens is 3. The third-order valence-corrected chi connectivity index (χ3v) is 3.92. The number of anilines is 2. The Morgan fingerprint density at radius 3 is 2.79 bits per heavy atom. The van der Waals surface area contributed by atoms with E-state index in [1.807, 2.05) is 6.07 Å². The molecule has 8 heteroatoms. The van der Waals surface area contributed by atoms with Gasteiger partial charge in [-0.3, -0.25) is 0 Å². The summed E-state index contributed by atoms with van der Waals surface area (Å²) in [4.78, 5) is 7.20. The number of nitrogens with zero attached hydrogens (tertiary/aromatic N) is 2. The van der Waals surface area contributed by atoms with Crippen LogP contribution >= 0.6 is 11.3 Å². The first kappa shape index (κ1) is 16.0. The number of rotatable bonds is 3. The summed E-state index contributed by atoms with van der Waals surface area (Å²) in [5.41, 5.74) is 1.40. The van der Waals surface area contributed by atoms with Gasteiger partial charge >= 0.3 is 6.18 Å². The molecule has 0 unspecified atom stereocenters. The Morgan fingerprint density at radius 1 is 1.21 bits per heavy atom. The predicted octanol–water partition coefficient (Wildman–Crippen LogP) is 4.26. The Labute approximate surface area is 139 Å². The molecule has 24 heavy (non-hydrogen) atoms. The molecule has 0 spiro atoms. The molecule has 3 rings (SSSR count). The van der Waals surface area contributed by atoms with Crippen LogP contribution in [0.1, 0.15) is 11.1 Å². The van der Waals surface area contributed by atoms with E-state index < -0.39 is 11.7 Å². The minimum absolute atomic E-state index is 0.308. The number of aromatic amines is 1. The van der Waals surface area contributed by atoms with Crippen LogP contribution in [0.2, 0.25) is 0 Å². The maximum Gasteiger partial charge on any atom is 0.416 e. The van der Waals surface area contributed by atoms with Crippen LogP contribution in [0.3, 0.4) is 0 Å². The van der Waals surface area contributed by atoms with Gasteiger partial charge < -0.3 is 5.32 Å². The summed E-state index contributed by atoms with van der Waals surface area (Å²) in [7, 11) is 0. The summed E-state index contributed by atoms with van der Waals surface area (Å²) < 4.78 is 38.2. The Balaban J connectivity index is 1.83. The number of alkyl halides is 3. The van der Waals surface area contributed by atoms with E-state index in [1.54, 1.807) is 29.9 Å². The molecule has 0 saturated heterocycles. The van der Waals surface area contributed by atoms with E-state index in [0.29, 0.717) is 22.1 Å². The van der Waals surface area contributed by atoms with E-state index in [4.69, 9.17) is 5.26 Å². The number of pyridine rings is 1. The molecular weight excluding hydrogens is 337 g/mol. The van der Waals surface area contributed by atoms with E-state index in [2.05, 4.69) is 15.3 Å². The van der Waals surface area contributed by atoms with Crippen LogP contribution in [0.5, 0.6) is 0 Å². The van der Waals surface area contributed by atoms with Crippen molar-refractivity contribution in [3.63, 3.8) is 0 Å². The zero-order valence-electron chi connectivity index (χ0n) is 12.1. The molecule has 0 radical (unpaired) electrons. The first-order valence-electron chi connectivity index (χ1n) is 6.77. The molecule has 2 heterocycles. The minimum atomic E-state index is -4.39. The first-order chi connectivity index (χ1) is 11.5. The highest BCUT2D eigenvalue weighted by molar-refractivity contribution is 7.14. The molecule has 120 valence electrons. The predicted molar refractivity (Wildman–Crippen MR) is 83.5 cm³/mol. The van der Waals surface area contributed by atoms with Crippen molar-refractivity contribution < 1.29 is 18.2 Å². The average Bonchev–Trinajstić information content (AvgIpc) is 3.03. The van der Waals surface area contributed by atoms with Gasteiger partial charge in [0, 0.05) is 11.1 Å². The van der Waals surface area contributed by atoms with Crippen LogP contribution in [-0.4, -0.2) is 4.98 Å². The number of benzene rings is 1. The molecular formula is C16H10F3N4S+. The van der Waals surface area contributed by atoms with Gasteiger partial charge in [-0.25, -0.2) is 9.97 Å². The van der Waals surface area contributed by atoms with Crippen LogP contribution < -0.4 is 10.3 Å². The molecule has 0 bridgehead atoms. The van der Waals surface area contributed by atoms with E-state index in [-0.39, 0.29) is 0 Å². The molecule has 0 saturated carbocycles. The lowest BCUT2D eigenvalue weighted by atomic mass is 10.2. The van der Waals surface area contributed by atoms with Gasteiger partial charge in [-0.05, 0) is 24.3 Å². The molecule has 4 nitrogen and oxygen atoms in total. The van der Waals surface area contributed by atoms with Crippen LogP contribution in [0.25, 0.3) is 11.3 Å². The van der Waals surface area contributed by atoms with Crippen LogP contribution in [0, 0.1) is 11.3 Å². The molecule has 0 aliphatic heterocycles. The molecule has 0 atom stereocenters. The third kappa shape index (κ3) is 3.52. The number of nitriles is 1. The fourth-order valence-electron chi connectivity index (χ4n) is 2.05. The van der Waals surface area contributed by atoms with Crippen molar-refractivity contribution in [2.45, 2.75) is 6.18 Å². The van der Waals surface area contributed by atoms with Crippen molar-refractivity contribution in [3.8, 4) is 17.3 Å². The summed E-state index contributed by atoms with van der Waals surface area (Å²) in [5.74, 6) is 0. The zero-order valence-corrected chi connectivity index (χ0v) is 12.9. The molecule has 0 aliphatic carbocycles. The maximum atomic E-state index is 12.7. The molecule has 0 aliphatic rings. The van der Waals surface area contributed by atoms with Crippen molar-refractivity contribution >= 4 is 22.2 Å². The second kappa shape index (κ2) is 6.29. The lowest BCUT2D eigenvalue weighted by Crippen LogP contribution is -2.05. The minimum Gasteiger partial charge on any atom is -0.332 e. The fraction of sp³-hybridized carbons (Fsp3) is 0.0625. The summed E-state index contributed by atoms with van der Waals surface area (Å²) in [6.45, 7) is 0. The Morgan fingerprint density at radius 2 is 2.04 bits per heavy atom. The molecule has 2 aromatic heterocycles. The number of H-pyrrole nitrogens is 1. The van der Waals surface area contributed by atoms with E-state index in [9.17, 15) is 13.2 Å². The summed E-state index contributed by atoms with van der Waals surface area (Å²) >= 11 is 1.27. The number of thiazole rings is 1. The van der Waals surface area contributed by atoms with Gasteiger partial charge in [-0.1, -0.05) is 6.07 Å². The SMILES string of the molecule is N#Cc1c[nH+]cc(-c2csc(Nc3cccc(C(F)(F)F)c3)n2)c1. The Kier molecular flexibility index (Phi) is 4.18. The van der Waals surface area contributed by atoms with Gasteiger partial charge in [0.05, 0.1) is 16.8 Å². The summed E-state index contributed by atoms with van der Waals surface area (Å²) in [6, 6.07) is 8.64. The molecule has 3 aromatic rings. The van der Waals surface area contributed by atoms with Crippen molar-refractivity contribution in [2.24, 2.45) is 0 Å². The van der Waals surface area contributed by atoms with E-state index >= 15 is 0 Å². The second-order valence-corrected chi connectivity index (χ2v) is 5.72. The summed E-state index contributed by atoms with van der Waals surface area (Å²) in [5, 5.41) is 14.0. The molecule has 1 aromatic carbocycles. The van der Waals surface area contributed by atoms with Crippen LogP contribution in [-0.2, 0) is 6.18 Å². The van der Waals surface area contributed by atoms with Crippen molar-refractivity contribution in [1.82, 2.24) is 4.98 Å². The number of hydrogen-bond acceptors (Lipinski definition) is 4. The second-order valence-electron chi connectivity index (χ2n) is 4.86. The quantitative estimate of drug-likeness (QED) is 0.770. The zero-order chi connectivity index (χ0) is 17.2. The molecule has 0 fully saturated rings. The fourth-order valence-corrected chi connectivity index (χ4v) is 2.78. The highest BCUT2D eigenvalue weighted by Crippen LogP contribution is 2.32. The summed E-state index contributed by atoms with van der Waals surface area (Å²) in [6.07, 6.45) is -1.12. The number of aromatic nitrogens is 2. The van der Waals surface area contributed by atoms with E-state index in [1.165, 1.54) is 17.4 Å². The smallest absolute Gasteiger partial charge is 0.332 e. The molecule has 0 amide bonds. The lowest BCUT2D eigenvalue weighted by Gasteiger charge is -2.08. The third-order valence-electron chi connectivity index (χ3n) is 3.16. The Bertz CT molecular complexity index is 912. The first-order valence-corrected chi connectivity index (χ1v) is 7.65. The number of hydrogen-bond donors (Lipinski definition) is 1. The van der Waals surface area contributed by atoms with Gasteiger partial charge in [0.2, 0.25) is 0 Å². The number of nitrogens with one attached hydrogen (secondary N) is 2. The van der Waals surface area contributed by atoms with Crippen LogP contribution in [0.4, 0.5) is 24.0 Å². The van der Waals surface area contributed by atoms with Crippen molar-refractivity contribution in [2.75, 3.05) is 5.32 Å². The normalized spacial score (nSPS) is 11.1. The van der Waals surface area contributed by atoms with Gasteiger partial charge in [0.1, 0.15) is 11.6 Å². The monoisotopic (exact) mass is 347 g/mol. The van der Waals surface area contributed by atoms with Crippen LogP contribution in [0.15, 0.2) is 48.1 Å². The maximum absolute atomic E-state index is 12.7. The van der Waals surface area contributed by atoms with E-state index in [0.717, 1.165) is 17.7 Å². The Hall–Kier alpha value is -2.92. The van der Waals surface area contributed by atoms with Gasteiger partial charge in [0.25, 0.3) is 0 Å². The lowest BCUT2D eigenvalue weighted by molar-refractivity contribution is -0.377.